The Balaban J connectivity index is 1.59. The number of rotatable bonds is 2. The van der Waals surface area contributed by atoms with Crippen LogP contribution in [0.15, 0.2) is 48.7 Å². The van der Waals surface area contributed by atoms with Crippen LogP contribution in [0.25, 0.3) is 0 Å². The van der Waals surface area contributed by atoms with Crippen molar-refractivity contribution in [3.05, 3.63) is 54.4 Å². The molecule has 2 saturated heterocycles. The maximum atomic E-state index is 12.6. The van der Waals surface area contributed by atoms with Crippen LogP contribution in [0.5, 0.6) is 0 Å². The highest BCUT2D eigenvalue weighted by Gasteiger charge is 2.45. The van der Waals surface area contributed by atoms with Gasteiger partial charge in [0.15, 0.2) is 5.69 Å². The zero-order valence-corrected chi connectivity index (χ0v) is 12.9. The van der Waals surface area contributed by atoms with Gasteiger partial charge in [-0.05, 0) is 24.3 Å². The third-order valence-electron chi connectivity index (χ3n) is 4.37. The van der Waals surface area contributed by atoms with Crippen LogP contribution in [0.2, 0.25) is 0 Å². The molecule has 2 aromatic rings. The van der Waals surface area contributed by atoms with E-state index in [2.05, 4.69) is 10.2 Å². The Morgan fingerprint density at radius 2 is 1.96 bits per heavy atom. The van der Waals surface area contributed by atoms with Gasteiger partial charge in [-0.1, -0.05) is 18.2 Å². The minimum Gasteiger partial charge on any atom is -0.364 e. The van der Waals surface area contributed by atoms with E-state index in [1.54, 1.807) is 21.9 Å². The number of nitrogens with zero attached hydrogens (tertiary/aromatic N) is 4. The molecule has 2 aliphatic heterocycles. The summed E-state index contributed by atoms with van der Waals surface area (Å²) in [5.74, 6) is -0.280. The molecule has 0 radical (unpaired) electrons. The Bertz CT molecular complexity index is 753. The lowest BCUT2D eigenvalue weighted by atomic mass is 10.1. The monoisotopic (exact) mass is 324 g/mol. The van der Waals surface area contributed by atoms with Crippen molar-refractivity contribution in [2.75, 3.05) is 24.6 Å². The van der Waals surface area contributed by atoms with Crippen LogP contribution in [0.4, 0.5) is 5.69 Å². The summed E-state index contributed by atoms with van der Waals surface area (Å²) in [7, 11) is 0. The molecule has 122 valence electrons. The second-order valence-electron chi connectivity index (χ2n) is 5.84. The molecule has 2 atom stereocenters. The highest BCUT2D eigenvalue weighted by atomic mass is 16.5. The molecule has 1 aromatic heterocycles. The summed E-state index contributed by atoms with van der Waals surface area (Å²) in [6.45, 7) is 0.890. The van der Waals surface area contributed by atoms with Crippen LogP contribution in [0.3, 0.4) is 0 Å². The number of ether oxygens (including phenoxy) is 1. The van der Waals surface area contributed by atoms with Crippen molar-refractivity contribution < 1.29 is 14.3 Å². The van der Waals surface area contributed by atoms with Gasteiger partial charge >= 0.3 is 0 Å². The molecule has 0 N–H and O–H groups in total. The molecular weight excluding hydrogens is 308 g/mol. The number of benzene rings is 1. The number of hydrogen-bond acceptors (Lipinski definition) is 5. The molecule has 7 heteroatoms. The summed E-state index contributed by atoms with van der Waals surface area (Å²) < 4.78 is 5.66. The number of para-hydroxylation sites is 1. The first kappa shape index (κ1) is 14.8. The van der Waals surface area contributed by atoms with Crippen molar-refractivity contribution in [3.8, 4) is 0 Å². The predicted molar refractivity (Wildman–Crippen MR) is 85.4 cm³/mol. The topological polar surface area (TPSA) is 75.6 Å². The average Bonchev–Trinajstić information content (AvgIpc) is 3.06. The number of carbonyl (C=O) groups excluding carboxylic acids is 2. The average molecular weight is 324 g/mol. The molecule has 0 aliphatic carbocycles. The Labute approximate surface area is 138 Å². The quantitative estimate of drug-likeness (QED) is 0.814. The summed E-state index contributed by atoms with van der Waals surface area (Å²) >= 11 is 0. The Hall–Kier alpha value is -2.80. The van der Waals surface area contributed by atoms with Crippen LogP contribution < -0.4 is 4.90 Å². The molecule has 4 rings (SSSR count). The molecule has 2 amide bonds. The van der Waals surface area contributed by atoms with Gasteiger partial charge in [0.05, 0.1) is 12.1 Å². The maximum absolute atomic E-state index is 12.6. The fraction of sp³-hybridized carbons (Fsp3) is 0.294. The van der Waals surface area contributed by atoms with Crippen molar-refractivity contribution in [2.24, 2.45) is 0 Å². The van der Waals surface area contributed by atoms with Gasteiger partial charge in [0.25, 0.3) is 11.8 Å². The van der Waals surface area contributed by atoms with Gasteiger partial charge in [-0.25, -0.2) is 0 Å². The van der Waals surface area contributed by atoms with Gasteiger partial charge in [0.1, 0.15) is 6.61 Å². The van der Waals surface area contributed by atoms with E-state index >= 15 is 0 Å². The first-order valence-electron chi connectivity index (χ1n) is 7.80. The molecule has 3 heterocycles. The van der Waals surface area contributed by atoms with E-state index < -0.39 is 0 Å². The van der Waals surface area contributed by atoms with E-state index in [1.807, 2.05) is 30.3 Å². The zero-order chi connectivity index (χ0) is 16.5. The highest BCUT2D eigenvalue weighted by molar-refractivity contribution is 5.97. The third-order valence-corrected chi connectivity index (χ3v) is 4.37. The van der Waals surface area contributed by atoms with Crippen LogP contribution in [-0.4, -0.2) is 58.8 Å². The fourth-order valence-corrected chi connectivity index (χ4v) is 3.27. The first-order valence-corrected chi connectivity index (χ1v) is 7.80. The van der Waals surface area contributed by atoms with Crippen LogP contribution in [0, 0.1) is 0 Å². The number of aromatic nitrogens is 2. The van der Waals surface area contributed by atoms with Gasteiger partial charge in [-0.3, -0.25) is 9.59 Å². The minimum absolute atomic E-state index is 0.0310. The lowest BCUT2D eigenvalue weighted by Gasteiger charge is -2.36. The van der Waals surface area contributed by atoms with Crippen molar-refractivity contribution in [1.82, 2.24) is 15.1 Å². The van der Waals surface area contributed by atoms with Gasteiger partial charge in [0, 0.05) is 25.0 Å². The highest BCUT2D eigenvalue weighted by Crippen LogP contribution is 2.29. The van der Waals surface area contributed by atoms with Gasteiger partial charge in [-0.15, -0.1) is 5.10 Å². The number of anilines is 1. The third kappa shape index (κ3) is 2.52. The molecular formula is C17H16N4O3. The number of carbonyl (C=O) groups is 2. The molecule has 2 aliphatic rings. The maximum Gasteiger partial charge on any atom is 0.274 e. The minimum atomic E-state index is -0.193. The SMILES string of the molecule is O=C(c1cccnn1)N1C[C@@H]2OCC(=O)N(c3ccccc3)[C@H]2C1. The molecule has 2 fully saturated rings. The lowest BCUT2D eigenvalue weighted by molar-refractivity contribution is -0.130. The fourth-order valence-electron chi connectivity index (χ4n) is 3.27. The number of likely N-dealkylation sites (tertiary alicyclic amines) is 1. The van der Waals surface area contributed by atoms with E-state index in [9.17, 15) is 9.59 Å². The predicted octanol–water partition coefficient (Wildman–Crippen LogP) is 0.733. The van der Waals surface area contributed by atoms with Crippen LogP contribution in [-0.2, 0) is 9.53 Å². The normalized spacial score (nSPS) is 23.2. The van der Waals surface area contributed by atoms with Gasteiger partial charge < -0.3 is 14.5 Å². The molecule has 7 nitrogen and oxygen atoms in total. The van der Waals surface area contributed by atoms with E-state index in [4.69, 9.17) is 4.74 Å². The molecule has 0 spiro atoms. The molecule has 0 unspecified atom stereocenters. The summed E-state index contributed by atoms with van der Waals surface area (Å²) in [6, 6.07) is 12.6. The molecule has 0 bridgehead atoms. The summed E-state index contributed by atoms with van der Waals surface area (Å²) in [5, 5.41) is 7.62. The van der Waals surface area contributed by atoms with E-state index in [0.29, 0.717) is 18.8 Å². The van der Waals surface area contributed by atoms with E-state index in [0.717, 1.165) is 5.69 Å². The van der Waals surface area contributed by atoms with E-state index in [1.165, 1.54) is 6.20 Å². The van der Waals surface area contributed by atoms with Crippen molar-refractivity contribution in [1.29, 1.82) is 0 Å². The molecule has 1 aromatic carbocycles. The van der Waals surface area contributed by atoms with Gasteiger partial charge in [0.2, 0.25) is 0 Å². The van der Waals surface area contributed by atoms with Crippen molar-refractivity contribution in [2.45, 2.75) is 12.1 Å². The standard InChI is InChI=1S/C17H16N4O3/c22-16-11-24-15-10-20(17(23)13-7-4-8-18-19-13)9-14(15)21(16)12-5-2-1-3-6-12/h1-8,14-15H,9-11H2/t14-,15-/m0/s1. The second kappa shape index (κ2) is 6.01. The Morgan fingerprint density at radius 3 is 2.71 bits per heavy atom. The number of morpholine rings is 1. The Kier molecular flexibility index (Phi) is 3.70. The lowest BCUT2D eigenvalue weighted by Crippen LogP contribution is -2.54. The largest absolute Gasteiger partial charge is 0.364 e. The van der Waals surface area contributed by atoms with Gasteiger partial charge in [-0.2, -0.15) is 5.10 Å². The molecule has 24 heavy (non-hydrogen) atoms. The van der Waals surface area contributed by atoms with Crippen LogP contribution >= 0.6 is 0 Å². The zero-order valence-electron chi connectivity index (χ0n) is 12.9. The second-order valence-corrected chi connectivity index (χ2v) is 5.84. The summed E-state index contributed by atoms with van der Waals surface area (Å²) in [6.07, 6.45) is 1.34. The number of hydrogen-bond donors (Lipinski definition) is 0. The van der Waals surface area contributed by atoms with E-state index in [-0.39, 0.29) is 30.6 Å². The van der Waals surface area contributed by atoms with Crippen molar-refractivity contribution in [3.63, 3.8) is 0 Å². The number of amides is 2. The smallest absolute Gasteiger partial charge is 0.274 e. The molecule has 0 saturated carbocycles. The first-order chi connectivity index (χ1) is 11.7. The number of fused-ring (bicyclic) bond motifs is 1. The Morgan fingerprint density at radius 1 is 1.12 bits per heavy atom. The summed E-state index contributed by atoms with van der Waals surface area (Å²) in [4.78, 5) is 28.4. The summed E-state index contributed by atoms with van der Waals surface area (Å²) in [5.41, 5.74) is 1.13. The van der Waals surface area contributed by atoms with Crippen molar-refractivity contribution >= 4 is 17.5 Å². The van der Waals surface area contributed by atoms with Crippen LogP contribution in [0.1, 0.15) is 10.5 Å².